The second-order valence-corrected chi connectivity index (χ2v) is 5.14. The molecule has 0 bridgehead atoms. The molecular weight excluding hydrogens is 320 g/mol. The summed E-state index contributed by atoms with van der Waals surface area (Å²) in [5, 5.41) is 2.82. The largest absolute Gasteiger partial charge is 0.494 e. The standard InChI is InChI=1S/C15H15BrN2O2/c1-9-4-3-5-11(14(9)16)15(19)18-12-7-6-10(17)8-13(12)20-2/h3-8H,17H2,1-2H3,(H,18,19). The molecule has 1 amide bonds. The predicted molar refractivity (Wildman–Crippen MR) is 84.2 cm³/mol. The number of hydrogen-bond donors (Lipinski definition) is 2. The average Bonchev–Trinajstić information content (AvgIpc) is 2.43. The minimum absolute atomic E-state index is 0.205. The molecule has 0 aliphatic rings. The van der Waals surface area contributed by atoms with Crippen molar-refractivity contribution in [2.45, 2.75) is 6.92 Å². The molecule has 20 heavy (non-hydrogen) atoms. The van der Waals surface area contributed by atoms with E-state index in [1.807, 2.05) is 19.1 Å². The molecule has 0 aromatic heterocycles. The average molecular weight is 335 g/mol. The van der Waals surface area contributed by atoms with E-state index >= 15 is 0 Å². The molecule has 5 heteroatoms. The third-order valence-electron chi connectivity index (χ3n) is 2.91. The van der Waals surface area contributed by atoms with Crippen LogP contribution in [0.5, 0.6) is 5.75 Å². The van der Waals surface area contributed by atoms with Gasteiger partial charge in [-0.3, -0.25) is 4.79 Å². The normalized spacial score (nSPS) is 10.2. The van der Waals surface area contributed by atoms with Crippen molar-refractivity contribution < 1.29 is 9.53 Å². The summed E-state index contributed by atoms with van der Waals surface area (Å²) in [7, 11) is 1.53. The van der Waals surface area contributed by atoms with Crippen LogP contribution in [0.2, 0.25) is 0 Å². The molecule has 4 nitrogen and oxygen atoms in total. The predicted octanol–water partition coefficient (Wildman–Crippen LogP) is 3.60. The molecule has 2 aromatic rings. The van der Waals surface area contributed by atoms with Gasteiger partial charge in [0.25, 0.3) is 5.91 Å². The molecule has 104 valence electrons. The molecule has 0 aliphatic carbocycles. The van der Waals surface area contributed by atoms with Crippen LogP contribution >= 0.6 is 15.9 Å². The molecule has 0 heterocycles. The van der Waals surface area contributed by atoms with Crippen molar-refractivity contribution in [3.05, 3.63) is 52.0 Å². The van der Waals surface area contributed by atoms with Gasteiger partial charge in [0.05, 0.1) is 18.4 Å². The van der Waals surface area contributed by atoms with Crippen LogP contribution in [0.4, 0.5) is 11.4 Å². The fraction of sp³-hybridized carbons (Fsp3) is 0.133. The van der Waals surface area contributed by atoms with Gasteiger partial charge in [-0.1, -0.05) is 12.1 Å². The number of anilines is 2. The van der Waals surface area contributed by atoms with Crippen molar-refractivity contribution >= 4 is 33.2 Å². The SMILES string of the molecule is COc1cc(N)ccc1NC(=O)c1cccc(C)c1Br. The van der Waals surface area contributed by atoms with Crippen LogP contribution in [0.25, 0.3) is 0 Å². The van der Waals surface area contributed by atoms with Gasteiger partial charge in [0.2, 0.25) is 0 Å². The number of nitrogens with one attached hydrogen (secondary N) is 1. The van der Waals surface area contributed by atoms with Crippen LogP contribution in [0.3, 0.4) is 0 Å². The fourth-order valence-electron chi connectivity index (χ4n) is 1.82. The summed E-state index contributed by atoms with van der Waals surface area (Å²) < 4.78 is 5.99. The van der Waals surface area contributed by atoms with Gasteiger partial charge in [-0.15, -0.1) is 0 Å². The third kappa shape index (κ3) is 2.93. The van der Waals surface area contributed by atoms with E-state index in [0.717, 1.165) is 10.0 Å². The monoisotopic (exact) mass is 334 g/mol. The topological polar surface area (TPSA) is 64.3 Å². The van der Waals surface area contributed by atoms with E-state index in [2.05, 4.69) is 21.2 Å². The number of amides is 1. The van der Waals surface area contributed by atoms with Crippen LogP contribution in [-0.4, -0.2) is 13.0 Å². The van der Waals surface area contributed by atoms with Crippen molar-refractivity contribution in [3.63, 3.8) is 0 Å². The van der Waals surface area contributed by atoms with Gasteiger partial charge < -0.3 is 15.8 Å². The van der Waals surface area contributed by atoms with Gasteiger partial charge in [0.15, 0.2) is 0 Å². The Labute approximate surface area is 126 Å². The first-order valence-corrected chi connectivity index (χ1v) is 6.82. The minimum Gasteiger partial charge on any atom is -0.494 e. The zero-order valence-electron chi connectivity index (χ0n) is 11.2. The highest BCUT2D eigenvalue weighted by molar-refractivity contribution is 9.10. The second-order valence-electron chi connectivity index (χ2n) is 4.35. The molecule has 3 N–H and O–H groups in total. The lowest BCUT2D eigenvalue weighted by Gasteiger charge is -2.12. The summed E-state index contributed by atoms with van der Waals surface area (Å²) in [5.74, 6) is 0.325. The van der Waals surface area contributed by atoms with Gasteiger partial charge in [-0.25, -0.2) is 0 Å². The number of methoxy groups -OCH3 is 1. The lowest BCUT2D eigenvalue weighted by molar-refractivity contribution is 0.102. The molecular formula is C15H15BrN2O2. The Balaban J connectivity index is 2.30. The molecule has 2 aromatic carbocycles. The molecule has 0 saturated carbocycles. The summed E-state index contributed by atoms with van der Waals surface area (Å²) >= 11 is 3.43. The third-order valence-corrected chi connectivity index (χ3v) is 3.96. The van der Waals surface area contributed by atoms with Crippen molar-refractivity contribution in [1.29, 1.82) is 0 Å². The summed E-state index contributed by atoms with van der Waals surface area (Å²) in [6.07, 6.45) is 0. The van der Waals surface area contributed by atoms with Crippen molar-refractivity contribution in [2.24, 2.45) is 0 Å². The van der Waals surface area contributed by atoms with E-state index in [0.29, 0.717) is 22.7 Å². The molecule has 0 radical (unpaired) electrons. The zero-order chi connectivity index (χ0) is 14.7. The van der Waals surface area contributed by atoms with E-state index in [1.54, 1.807) is 24.3 Å². The lowest BCUT2D eigenvalue weighted by Crippen LogP contribution is -2.13. The van der Waals surface area contributed by atoms with E-state index in [4.69, 9.17) is 10.5 Å². The maximum Gasteiger partial charge on any atom is 0.256 e. The summed E-state index contributed by atoms with van der Waals surface area (Å²) in [6, 6.07) is 10.6. The van der Waals surface area contributed by atoms with Gasteiger partial charge in [0.1, 0.15) is 5.75 Å². The first-order chi connectivity index (χ1) is 9.52. The number of benzene rings is 2. The van der Waals surface area contributed by atoms with Crippen molar-refractivity contribution in [3.8, 4) is 5.75 Å². The Morgan fingerprint density at radius 2 is 2.05 bits per heavy atom. The summed E-state index contributed by atoms with van der Waals surface area (Å²) in [4.78, 5) is 12.3. The number of nitrogen functional groups attached to an aromatic ring is 1. The van der Waals surface area contributed by atoms with Crippen LogP contribution in [0.1, 0.15) is 15.9 Å². The smallest absolute Gasteiger partial charge is 0.256 e. The van der Waals surface area contributed by atoms with Crippen LogP contribution < -0.4 is 15.8 Å². The van der Waals surface area contributed by atoms with Crippen molar-refractivity contribution in [1.82, 2.24) is 0 Å². The van der Waals surface area contributed by atoms with Gasteiger partial charge >= 0.3 is 0 Å². The Bertz CT molecular complexity index is 656. The van der Waals surface area contributed by atoms with E-state index < -0.39 is 0 Å². The number of ether oxygens (including phenoxy) is 1. The molecule has 0 spiro atoms. The quantitative estimate of drug-likeness (QED) is 0.843. The van der Waals surface area contributed by atoms with Crippen LogP contribution in [-0.2, 0) is 0 Å². The number of hydrogen-bond acceptors (Lipinski definition) is 3. The Morgan fingerprint density at radius 3 is 2.75 bits per heavy atom. The second kappa shape index (κ2) is 5.96. The molecule has 0 saturated heterocycles. The highest BCUT2D eigenvalue weighted by Gasteiger charge is 2.13. The highest BCUT2D eigenvalue weighted by atomic mass is 79.9. The van der Waals surface area contributed by atoms with E-state index in [9.17, 15) is 4.79 Å². The summed E-state index contributed by atoms with van der Waals surface area (Å²) in [6.45, 7) is 1.94. The number of halogens is 1. The molecule has 0 fully saturated rings. The molecule has 0 atom stereocenters. The number of nitrogens with two attached hydrogens (primary N) is 1. The lowest BCUT2D eigenvalue weighted by atomic mass is 10.1. The maximum absolute atomic E-state index is 12.3. The fourth-order valence-corrected chi connectivity index (χ4v) is 2.27. The number of carbonyl (C=O) groups is 1. The number of rotatable bonds is 3. The zero-order valence-corrected chi connectivity index (χ0v) is 12.8. The first kappa shape index (κ1) is 14.4. The first-order valence-electron chi connectivity index (χ1n) is 6.03. The Kier molecular flexibility index (Phi) is 4.29. The number of carbonyl (C=O) groups excluding carboxylic acids is 1. The van der Waals surface area contributed by atoms with E-state index in [-0.39, 0.29) is 5.91 Å². The Morgan fingerprint density at radius 1 is 1.30 bits per heavy atom. The van der Waals surface area contributed by atoms with Crippen LogP contribution in [0, 0.1) is 6.92 Å². The van der Waals surface area contributed by atoms with Gasteiger partial charge in [-0.2, -0.15) is 0 Å². The Hall–Kier alpha value is -2.01. The molecule has 0 unspecified atom stereocenters. The van der Waals surface area contributed by atoms with Crippen molar-refractivity contribution in [2.75, 3.05) is 18.2 Å². The van der Waals surface area contributed by atoms with Crippen LogP contribution in [0.15, 0.2) is 40.9 Å². The minimum atomic E-state index is -0.205. The summed E-state index contributed by atoms with van der Waals surface area (Å²) in [5.41, 5.74) is 8.43. The molecule has 2 rings (SSSR count). The molecule has 0 aliphatic heterocycles. The maximum atomic E-state index is 12.3. The van der Waals surface area contributed by atoms with E-state index in [1.165, 1.54) is 7.11 Å². The van der Waals surface area contributed by atoms with Gasteiger partial charge in [0, 0.05) is 16.2 Å². The van der Waals surface area contributed by atoms with Gasteiger partial charge in [-0.05, 0) is 46.6 Å². The number of aryl methyl sites for hydroxylation is 1. The highest BCUT2D eigenvalue weighted by Crippen LogP contribution is 2.28.